The van der Waals surface area contributed by atoms with Crippen LogP contribution in [0.4, 0.5) is 0 Å². The van der Waals surface area contributed by atoms with Gasteiger partial charge in [0.2, 0.25) is 0 Å². The largest absolute Gasteiger partial charge is 0.465 e. The molecule has 2 rings (SSSR count). The molecule has 0 unspecified atom stereocenters. The van der Waals surface area contributed by atoms with Crippen molar-refractivity contribution >= 4 is 11.8 Å². The van der Waals surface area contributed by atoms with Gasteiger partial charge in [-0.25, -0.2) is 4.79 Å². The summed E-state index contributed by atoms with van der Waals surface area (Å²) in [6.07, 6.45) is 0.126. The number of nitrogens with zero attached hydrogens (tertiary/aromatic N) is 1. The molecule has 0 radical (unpaired) electrons. The molecule has 0 aromatic carbocycles. The van der Waals surface area contributed by atoms with Gasteiger partial charge in [-0.1, -0.05) is 0 Å². The molecule has 2 heterocycles. The fraction of sp³-hybridized carbons (Fsp3) is 0.625. The number of carbonyl (C=O) groups is 2. The van der Waals surface area contributed by atoms with Gasteiger partial charge in [0.1, 0.15) is 0 Å². The number of ether oxygens (including phenoxy) is 2. The van der Waals surface area contributed by atoms with Gasteiger partial charge in [-0.15, -0.1) is 0 Å². The van der Waals surface area contributed by atoms with Crippen LogP contribution in [0.2, 0.25) is 0 Å². The lowest BCUT2D eigenvalue weighted by Crippen LogP contribution is -2.49. The van der Waals surface area contributed by atoms with Gasteiger partial charge in [-0.2, -0.15) is 0 Å². The maximum Gasteiger partial charge on any atom is 0.339 e. The number of hydrogen-bond donors (Lipinski definition) is 1. The first-order valence-electron chi connectivity index (χ1n) is 7.51. The zero-order valence-corrected chi connectivity index (χ0v) is 13.9. The molecule has 122 valence electrons. The van der Waals surface area contributed by atoms with E-state index < -0.39 is 5.97 Å². The summed E-state index contributed by atoms with van der Waals surface area (Å²) in [7, 11) is 1.34. The van der Waals surface area contributed by atoms with E-state index in [9.17, 15) is 9.59 Å². The van der Waals surface area contributed by atoms with Crippen LogP contribution in [0.5, 0.6) is 0 Å². The quantitative estimate of drug-likeness (QED) is 0.677. The SMILES string of the molecule is COC(=O)c1c(C)[nH]c(C(=O)CN2C[C@H](C)OC[C@H]2C)c1C. The number of Topliss-reactive ketones (excluding diaryl/α,β-unsaturated/α-hetero) is 1. The summed E-state index contributed by atoms with van der Waals surface area (Å²) < 4.78 is 10.4. The summed E-state index contributed by atoms with van der Waals surface area (Å²) in [5, 5.41) is 0. The fourth-order valence-corrected chi connectivity index (χ4v) is 2.89. The van der Waals surface area contributed by atoms with Crippen LogP contribution in [-0.2, 0) is 9.47 Å². The monoisotopic (exact) mass is 308 g/mol. The van der Waals surface area contributed by atoms with E-state index in [0.29, 0.717) is 35.7 Å². The Morgan fingerprint density at radius 3 is 2.68 bits per heavy atom. The average molecular weight is 308 g/mol. The van der Waals surface area contributed by atoms with E-state index in [2.05, 4.69) is 9.88 Å². The molecular formula is C16H24N2O4. The normalized spacial score (nSPS) is 22.6. The number of H-pyrrole nitrogens is 1. The molecule has 0 amide bonds. The Bertz CT molecular complexity index is 579. The van der Waals surface area contributed by atoms with Crippen molar-refractivity contribution in [2.45, 2.75) is 39.8 Å². The molecular weight excluding hydrogens is 284 g/mol. The van der Waals surface area contributed by atoms with Crippen molar-refractivity contribution in [2.75, 3.05) is 26.8 Å². The number of aryl methyl sites for hydroxylation is 1. The molecule has 1 saturated heterocycles. The van der Waals surface area contributed by atoms with Crippen LogP contribution in [0, 0.1) is 13.8 Å². The van der Waals surface area contributed by atoms with Crippen molar-refractivity contribution in [3.8, 4) is 0 Å². The predicted octanol–water partition coefficient (Wildman–Crippen LogP) is 1.71. The van der Waals surface area contributed by atoms with Gasteiger partial charge in [0, 0.05) is 18.3 Å². The van der Waals surface area contributed by atoms with Gasteiger partial charge in [0.05, 0.1) is 37.6 Å². The van der Waals surface area contributed by atoms with Crippen molar-refractivity contribution in [1.82, 2.24) is 9.88 Å². The maximum atomic E-state index is 12.6. The first-order chi connectivity index (χ1) is 10.3. The Morgan fingerprint density at radius 1 is 1.36 bits per heavy atom. The number of rotatable bonds is 4. The van der Waals surface area contributed by atoms with Crippen molar-refractivity contribution < 1.29 is 19.1 Å². The molecule has 0 bridgehead atoms. The highest BCUT2D eigenvalue weighted by molar-refractivity contribution is 6.02. The number of nitrogens with one attached hydrogen (secondary N) is 1. The second-order valence-corrected chi connectivity index (χ2v) is 5.96. The smallest absolute Gasteiger partial charge is 0.339 e. The molecule has 0 spiro atoms. The minimum atomic E-state index is -0.418. The number of hydrogen-bond acceptors (Lipinski definition) is 5. The second-order valence-electron chi connectivity index (χ2n) is 5.96. The van der Waals surface area contributed by atoms with E-state index >= 15 is 0 Å². The number of aromatic nitrogens is 1. The first kappa shape index (κ1) is 16.7. The van der Waals surface area contributed by atoms with Gasteiger partial charge in [0.15, 0.2) is 5.78 Å². The molecule has 1 aromatic rings. The van der Waals surface area contributed by atoms with Crippen LogP contribution in [0.3, 0.4) is 0 Å². The third kappa shape index (κ3) is 3.23. The van der Waals surface area contributed by atoms with Gasteiger partial charge in [0.25, 0.3) is 0 Å². The number of carbonyl (C=O) groups excluding carboxylic acids is 2. The Labute approximate surface area is 130 Å². The summed E-state index contributed by atoms with van der Waals surface area (Å²) in [6.45, 7) is 9.27. The van der Waals surface area contributed by atoms with E-state index in [1.807, 2.05) is 13.8 Å². The number of methoxy groups -OCH3 is 1. The number of morpholine rings is 1. The highest BCUT2D eigenvalue weighted by Crippen LogP contribution is 2.20. The predicted molar refractivity (Wildman–Crippen MR) is 82.4 cm³/mol. The summed E-state index contributed by atoms with van der Waals surface area (Å²) in [5.74, 6) is -0.435. The third-order valence-electron chi connectivity index (χ3n) is 4.19. The molecule has 1 fully saturated rings. The van der Waals surface area contributed by atoms with Crippen LogP contribution < -0.4 is 0 Å². The number of esters is 1. The molecule has 6 heteroatoms. The molecule has 1 aliphatic heterocycles. The van der Waals surface area contributed by atoms with Crippen LogP contribution in [0.25, 0.3) is 0 Å². The fourth-order valence-electron chi connectivity index (χ4n) is 2.89. The van der Waals surface area contributed by atoms with Crippen molar-refractivity contribution in [3.63, 3.8) is 0 Å². The van der Waals surface area contributed by atoms with Gasteiger partial charge in [-0.3, -0.25) is 9.69 Å². The van der Waals surface area contributed by atoms with Crippen LogP contribution in [0.1, 0.15) is 46.0 Å². The van der Waals surface area contributed by atoms with Gasteiger partial charge >= 0.3 is 5.97 Å². The Balaban J connectivity index is 2.18. The van der Waals surface area contributed by atoms with Gasteiger partial charge in [-0.05, 0) is 33.3 Å². The molecule has 2 atom stereocenters. The molecule has 1 aliphatic rings. The van der Waals surface area contributed by atoms with Crippen LogP contribution >= 0.6 is 0 Å². The molecule has 1 N–H and O–H groups in total. The molecule has 0 aliphatic carbocycles. The van der Waals surface area contributed by atoms with Crippen molar-refractivity contribution in [3.05, 3.63) is 22.5 Å². The number of ketones is 1. The lowest BCUT2D eigenvalue weighted by molar-refractivity contribution is -0.0460. The van der Waals surface area contributed by atoms with Crippen molar-refractivity contribution in [1.29, 1.82) is 0 Å². The maximum absolute atomic E-state index is 12.6. The van der Waals surface area contributed by atoms with Crippen molar-refractivity contribution in [2.24, 2.45) is 0 Å². The minimum Gasteiger partial charge on any atom is -0.465 e. The number of aromatic amines is 1. The second kappa shape index (κ2) is 6.62. The standard InChI is InChI=1S/C16H24N2O4/c1-9-8-22-10(2)6-18(9)7-13(19)15-11(3)14(12(4)17-15)16(20)21-5/h9-10,17H,6-8H2,1-5H3/t9-,10+/m1/s1. The van der Waals surface area contributed by atoms with E-state index in [4.69, 9.17) is 9.47 Å². The summed E-state index contributed by atoms with van der Waals surface area (Å²) in [5.41, 5.74) is 2.26. The molecule has 1 aromatic heterocycles. The minimum absolute atomic E-state index is 0.0169. The third-order valence-corrected chi connectivity index (χ3v) is 4.19. The lowest BCUT2D eigenvalue weighted by Gasteiger charge is -2.36. The topological polar surface area (TPSA) is 71.6 Å². The Kier molecular flexibility index (Phi) is 5.03. The Morgan fingerprint density at radius 2 is 2.05 bits per heavy atom. The highest BCUT2D eigenvalue weighted by atomic mass is 16.5. The van der Waals surface area contributed by atoms with E-state index in [-0.39, 0.29) is 17.9 Å². The molecule has 0 saturated carbocycles. The zero-order valence-electron chi connectivity index (χ0n) is 13.9. The van der Waals surface area contributed by atoms with E-state index in [1.165, 1.54) is 7.11 Å². The van der Waals surface area contributed by atoms with E-state index in [1.54, 1.807) is 13.8 Å². The van der Waals surface area contributed by atoms with E-state index in [0.717, 1.165) is 6.54 Å². The summed E-state index contributed by atoms with van der Waals surface area (Å²) in [4.78, 5) is 29.5. The zero-order chi connectivity index (χ0) is 16.4. The summed E-state index contributed by atoms with van der Waals surface area (Å²) >= 11 is 0. The molecule has 6 nitrogen and oxygen atoms in total. The van der Waals surface area contributed by atoms with Crippen LogP contribution in [0.15, 0.2) is 0 Å². The first-order valence-corrected chi connectivity index (χ1v) is 7.51. The lowest BCUT2D eigenvalue weighted by atomic mass is 10.1. The average Bonchev–Trinajstić information content (AvgIpc) is 2.77. The summed E-state index contributed by atoms with van der Waals surface area (Å²) in [6, 6.07) is 0.205. The highest BCUT2D eigenvalue weighted by Gasteiger charge is 2.28. The Hall–Kier alpha value is -1.66. The molecule has 22 heavy (non-hydrogen) atoms. The van der Waals surface area contributed by atoms with Crippen LogP contribution in [-0.4, -0.2) is 60.6 Å². The van der Waals surface area contributed by atoms with Gasteiger partial charge < -0.3 is 14.5 Å².